The van der Waals surface area contributed by atoms with Crippen molar-refractivity contribution in [3.8, 4) is 17.3 Å². The fourth-order valence-electron chi connectivity index (χ4n) is 4.95. The zero-order valence-corrected chi connectivity index (χ0v) is 23.3. The third-order valence-electron chi connectivity index (χ3n) is 7.22. The Morgan fingerprint density at radius 2 is 2.02 bits per heavy atom. The van der Waals surface area contributed by atoms with Crippen LogP contribution < -0.4 is 21.7 Å². The van der Waals surface area contributed by atoms with Crippen LogP contribution in [-0.4, -0.2) is 54.1 Å². The monoisotopic (exact) mass is 594 g/mol. The van der Waals surface area contributed by atoms with Gasteiger partial charge in [-0.15, -0.1) is 0 Å². The maximum absolute atomic E-state index is 13.7. The summed E-state index contributed by atoms with van der Waals surface area (Å²) in [4.78, 5) is 34.1. The second-order valence-corrected chi connectivity index (χ2v) is 10.3. The molecule has 1 atom stereocenters. The van der Waals surface area contributed by atoms with Gasteiger partial charge in [-0.2, -0.15) is 23.5 Å². The summed E-state index contributed by atoms with van der Waals surface area (Å²) >= 11 is 0. The number of alkyl halides is 3. The Bertz CT molecular complexity index is 1720. The fourth-order valence-corrected chi connectivity index (χ4v) is 4.95. The standard InChI is InChI=1S/C28H29F3N10O2/c1-3-16-10-18(4-5-20(16)27(43)36-15(2)26(42)38-19-11-17(33)12-19)37-24-25-35-13-22(41(25)9-7-34-24)21-14-40(8-6-32)39-23(21)28(29,30)31/h4-5,7,9-10,13-15,17,19H,3,8,11-12,33H2,1-2H3,(H,34,37)(H,36,43)(H,38,42)/t15-,17?,19?/m1/s1. The van der Waals surface area contributed by atoms with Crippen LogP contribution >= 0.6 is 0 Å². The molecule has 43 heavy (non-hydrogen) atoms. The average Bonchev–Trinajstić information content (AvgIpc) is 3.57. The number of nitrogens with zero attached hydrogens (tertiary/aromatic N) is 6. The predicted octanol–water partition coefficient (Wildman–Crippen LogP) is 3.17. The van der Waals surface area contributed by atoms with Gasteiger partial charge in [0.05, 0.1) is 23.5 Å². The van der Waals surface area contributed by atoms with E-state index in [9.17, 15) is 22.8 Å². The number of anilines is 2. The molecule has 0 saturated heterocycles. The Morgan fingerprint density at radius 1 is 1.26 bits per heavy atom. The Hall–Kier alpha value is -4.97. The summed E-state index contributed by atoms with van der Waals surface area (Å²) in [7, 11) is 0. The quantitative estimate of drug-likeness (QED) is 0.229. The molecule has 15 heteroatoms. The van der Waals surface area contributed by atoms with Crippen molar-refractivity contribution < 1.29 is 22.8 Å². The van der Waals surface area contributed by atoms with Crippen molar-refractivity contribution in [1.29, 1.82) is 5.26 Å². The second kappa shape index (κ2) is 11.7. The number of hydrogen-bond donors (Lipinski definition) is 4. The van der Waals surface area contributed by atoms with Gasteiger partial charge in [0.1, 0.15) is 12.6 Å². The third-order valence-corrected chi connectivity index (χ3v) is 7.22. The Morgan fingerprint density at radius 3 is 2.70 bits per heavy atom. The lowest BCUT2D eigenvalue weighted by atomic mass is 9.87. The molecule has 1 saturated carbocycles. The number of rotatable bonds is 9. The van der Waals surface area contributed by atoms with Gasteiger partial charge < -0.3 is 21.7 Å². The first-order valence-electron chi connectivity index (χ1n) is 13.6. The number of fused-ring (bicyclic) bond motifs is 1. The molecule has 0 unspecified atom stereocenters. The molecule has 0 bridgehead atoms. The van der Waals surface area contributed by atoms with Gasteiger partial charge in [0.25, 0.3) is 5.91 Å². The zero-order chi connectivity index (χ0) is 30.9. The lowest BCUT2D eigenvalue weighted by Crippen LogP contribution is -2.54. The molecular weight excluding hydrogens is 565 g/mol. The lowest BCUT2D eigenvalue weighted by molar-refractivity contribution is -0.141. The molecule has 1 aromatic carbocycles. The smallest absolute Gasteiger partial charge is 0.351 e. The molecule has 1 aliphatic carbocycles. The van der Waals surface area contributed by atoms with Crippen molar-refractivity contribution in [1.82, 2.24) is 34.8 Å². The lowest BCUT2D eigenvalue weighted by Gasteiger charge is -2.33. The molecule has 12 nitrogen and oxygen atoms in total. The van der Waals surface area contributed by atoms with Crippen LogP contribution in [-0.2, 0) is 23.9 Å². The number of aromatic nitrogens is 5. The van der Waals surface area contributed by atoms with Crippen LogP contribution in [0.3, 0.4) is 0 Å². The SMILES string of the molecule is CCc1cc(Nc2nccn3c(-c4cn(CC#N)nc4C(F)(F)F)cnc23)ccc1C(=O)N[C@H](C)C(=O)NC1CC(N)C1. The highest BCUT2D eigenvalue weighted by atomic mass is 19.4. The van der Waals surface area contributed by atoms with Gasteiger partial charge >= 0.3 is 6.18 Å². The Kier molecular flexibility index (Phi) is 8.05. The van der Waals surface area contributed by atoms with Crippen LogP contribution in [0.4, 0.5) is 24.7 Å². The summed E-state index contributed by atoms with van der Waals surface area (Å²) in [5, 5.41) is 21.2. The average molecular weight is 595 g/mol. The summed E-state index contributed by atoms with van der Waals surface area (Å²) < 4.78 is 43.6. The van der Waals surface area contributed by atoms with Crippen LogP contribution in [0, 0.1) is 11.3 Å². The van der Waals surface area contributed by atoms with E-state index in [1.54, 1.807) is 31.2 Å². The van der Waals surface area contributed by atoms with Gasteiger partial charge in [0, 0.05) is 41.9 Å². The van der Waals surface area contributed by atoms with Crippen molar-refractivity contribution in [2.24, 2.45) is 5.73 Å². The first-order chi connectivity index (χ1) is 20.5. The number of carbonyl (C=O) groups excluding carboxylic acids is 2. The third kappa shape index (κ3) is 6.14. The molecule has 0 radical (unpaired) electrons. The molecule has 1 fully saturated rings. The van der Waals surface area contributed by atoms with E-state index in [1.165, 1.54) is 23.0 Å². The van der Waals surface area contributed by atoms with Gasteiger partial charge in [-0.3, -0.25) is 18.7 Å². The first kappa shape index (κ1) is 29.5. The van der Waals surface area contributed by atoms with Crippen molar-refractivity contribution in [2.75, 3.05) is 5.32 Å². The largest absolute Gasteiger partial charge is 0.435 e. The minimum absolute atomic E-state index is 0.0237. The minimum atomic E-state index is -4.74. The van der Waals surface area contributed by atoms with Crippen LogP contribution in [0.1, 0.15) is 48.3 Å². The maximum Gasteiger partial charge on any atom is 0.435 e. The molecule has 0 aliphatic heterocycles. The molecule has 0 spiro atoms. The van der Waals surface area contributed by atoms with Crippen LogP contribution in [0.15, 0.2) is 43.0 Å². The molecule has 5 N–H and O–H groups in total. The first-order valence-corrected chi connectivity index (χ1v) is 13.6. The number of imidazole rings is 1. The molecule has 3 aromatic heterocycles. The number of nitriles is 1. The summed E-state index contributed by atoms with van der Waals surface area (Å²) in [6.45, 7) is 3.16. The molecule has 5 rings (SSSR count). The second-order valence-electron chi connectivity index (χ2n) is 10.3. The van der Waals surface area contributed by atoms with E-state index in [0.717, 1.165) is 10.9 Å². The number of nitrogens with one attached hydrogen (secondary N) is 3. The van der Waals surface area contributed by atoms with Crippen molar-refractivity contribution >= 4 is 29.0 Å². The van der Waals surface area contributed by atoms with E-state index in [-0.39, 0.29) is 47.3 Å². The highest BCUT2D eigenvalue weighted by molar-refractivity contribution is 5.99. The van der Waals surface area contributed by atoms with E-state index in [4.69, 9.17) is 11.0 Å². The predicted molar refractivity (Wildman–Crippen MR) is 150 cm³/mol. The maximum atomic E-state index is 13.7. The number of nitrogens with two attached hydrogens (primary N) is 1. The number of benzene rings is 1. The van der Waals surface area contributed by atoms with Crippen LogP contribution in [0.25, 0.3) is 16.9 Å². The van der Waals surface area contributed by atoms with Gasteiger partial charge in [0.15, 0.2) is 17.2 Å². The number of amides is 2. The van der Waals surface area contributed by atoms with Crippen molar-refractivity contribution in [3.63, 3.8) is 0 Å². The van der Waals surface area contributed by atoms with Crippen molar-refractivity contribution in [2.45, 2.75) is 64.0 Å². The van der Waals surface area contributed by atoms with Gasteiger partial charge in [-0.1, -0.05) is 6.92 Å². The normalized spacial score (nSPS) is 17.1. The topological polar surface area (TPSA) is 168 Å². The van der Waals surface area contributed by atoms with Gasteiger partial charge in [-0.25, -0.2) is 9.97 Å². The molecule has 3 heterocycles. The van der Waals surface area contributed by atoms with E-state index in [0.29, 0.717) is 36.1 Å². The molecular formula is C28H29F3N10O2. The summed E-state index contributed by atoms with van der Waals surface area (Å²) in [6.07, 6.45) is 2.53. The molecule has 4 aromatic rings. The molecule has 224 valence electrons. The Balaban J connectivity index is 1.36. The van der Waals surface area contributed by atoms with E-state index < -0.39 is 23.8 Å². The number of hydrogen-bond acceptors (Lipinski definition) is 8. The number of halogens is 3. The summed E-state index contributed by atoms with van der Waals surface area (Å²) in [6, 6.07) is 6.21. The van der Waals surface area contributed by atoms with Crippen LogP contribution in [0.5, 0.6) is 0 Å². The van der Waals surface area contributed by atoms with Crippen LogP contribution in [0.2, 0.25) is 0 Å². The summed E-state index contributed by atoms with van der Waals surface area (Å²) in [5.41, 5.74) is 6.47. The fraction of sp³-hybridized carbons (Fsp3) is 0.357. The Labute approximate surface area is 244 Å². The minimum Gasteiger partial charge on any atom is -0.351 e. The highest BCUT2D eigenvalue weighted by Crippen LogP contribution is 2.37. The molecule has 2 amide bonds. The highest BCUT2D eigenvalue weighted by Gasteiger charge is 2.38. The number of aryl methyl sites for hydroxylation is 1. The zero-order valence-electron chi connectivity index (χ0n) is 23.3. The molecule has 1 aliphatic rings. The van der Waals surface area contributed by atoms with Crippen molar-refractivity contribution in [3.05, 3.63) is 59.8 Å². The summed E-state index contributed by atoms with van der Waals surface area (Å²) in [5.74, 6) is -0.404. The van der Waals surface area contributed by atoms with E-state index >= 15 is 0 Å². The van der Waals surface area contributed by atoms with E-state index in [1.807, 2.05) is 6.92 Å². The van der Waals surface area contributed by atoms with E-state index in [2.05, 4.69) is 31.0 Å². The van der Waals surface area contributed by atoms with Gasteiger partial charge in [-0.05, 0) is 49.9 Å². The number of carbonyl (C=O) groups is 2. The van der Waals surface area contributed by atoms with Gasteiger partial charge in [0.2, 0.25) is 5.91 Å².